The second kappa shape index (κ2) is 18.9. The van der Waals surface area contributed by atoms with Gasteiger partial charge in [0, 0.05) is 17.7 Å². The molecule has 0 spiro atoms. The SMILES string of the molecule is C=CC(=O)OCCOc1ccc(/C=C/C(=O)Oc2ccc(-c3ccc(OCCCCOC(=O)C(=C)CC(=O)OC)cc3)cc2)cc1. The fourth-order valence-electron chi connectivity index (χ4n) is 3.79. The van der Waals surface area contributed by atoms with Crippen molar-refractivity contribution >= 4 is 30.0 Å². The minimum absolute atomic E-state index is 0.0574. The van der Waals surface area contributed by atoms with Gasteiger partial charge in [-0.3, -0.25) is 4.79 Å². The number of methoxy groups -OCH3 is 1. The van der Waals surface area contributed by atoms with Crippen LogP contribution in [0.3, 0.4) is 0 Å². The van der Waals surface area contributed by atoms with Crippen molar-refractivity contribution in [2.75, 3.05) is 33.5 Å². The summed E-state index contributed by atoms with van der Waals surface area (Å²) < 4.78 is 31.1. The van der Waals surface area contributed by atoms with E-state index in [1.165, 1.54) is 13.2 Å². The van der Waals surface area contributed by atoms with E-state index in [1.54, 1.807) is 42.5 Å². The molecule has 240 valence electrons. The van der Waals surface area contributed by atoms with Crippen molar-refractivity contribution in [2.24, 2.45) is 0 Å². The summed E-state index contributed by atoms with van der Waals surface area (Å²) in [7, 11) is 1.24. The Morgan fingerprint density at radius 1 is 0.674 bits per heavy atom. The second-order valence-corrected chi connectivity index (χ2v) is 9.64. The first-order valence-corrected chi connectivity index (χ1v) is 14.4. The Morgan fingerprint density at radius 2 is 1.24 bits per heavy atom. The Hall–Kier alpha value is -5.64. The van der Waals surface area contributed by atoms with Crippen LogP contribution in [0.4, 0.5) is 0 Å². The lowest BCUT2D eigenvalue weighted by atomic mass is 10.1. The predicted octanol–water partition coefficient (Wildman–Crippen LogP) is 5.90. The number of esters is 4. The zero-order valence-electron chi connectivity index (χ0n) is 25.6. The predicted molar refractivity (Wildman–Crippen MR) is 171 cm³/mol. The molecule has 10 nitrogen and oxygen atoms in total. The van der Waals surface area contributed by atoms with E-state index in [1.807, 2.05) is 36.4 Å². The first kappa shape index (κ1) is 34.8. The largest absolute Gasteiger partial charge is 0.494 e. The first-order chi connectivity index (χ1) is 22.3. The van der Waals surface area contributed by atoms with Crippen molar-refractivity contribution in [2.45, 2.75) is 19.3 Å². The van der Waals surface area contributed by atoms with Gasteiger partial charge in [0.1, 0.15) is 30.5 Å². The second-order valence-electron chi connectivity index (χ2n) is 9.64. The Kier molecular flexibility index (Phi) is 14.3. The average Bonchev–Trinajstić information content (AvgIpc) is 3.08. The molecule has 0 heterocycles. The fraction of sp³-hybridized carbons (Fsp3) is 0.222. The highest BCUT2D eigenvalue weighted by Crippen LogP contribution is 2.25. The number of carbonyl (C=O) groups excluding carboxylic acids is 4. The molecule has 0 fully saturated rings. The van der Waals surface area contributed by atoms with Gasteiger partial charge in [0.25, 0.3) is 0 Å². The minimum atomic E-state index is -0.612. The molecule has 0 N–H and O–H groups in total. The van der Waals surface area contributed by atoms with E-state index < -0.39 is 23.9 Å². The average molecular weight is 629 g/mol. The fourth-order valence-corrected chi connectivity index (χ4v) is 3.79. The molecule has 0 aliphatic carbocycles. The van der Waals surface area contributed by atoms with E-state index in [9.17, 15) is 19.2 Å². The summed E-state index contributed by atoms with van der Waals surface area (Å²) in [5, 5.41) is 0. The lowest BCUT2D eigenvalue weighted by molar-refractivity contribution is -0.144. The van der Waals surface area contributed by atoms with Crippen LogP contribution in [0.1, 0.15) is 24.8 Å². The van der Waals surface area contributed by atoms with Crippen molar-refractivity contribution in [3.63, 3.8) is 0 Å². The number of carbonyl (C=O) groups is 4. The molecule has 0 atom stereocenters. The maximum Gasteiger partial charge on any atom is 0.336 e. The highest BCUT2D eigenvalue weighted by atomic mass is 16.6. The first-order valence-electron chi connectivity index (χ1n) is 14.4. The normalized spacial score (nSPS) is 10.5. The lowest BCUT2D eigenvalue weighted by Crippen LogP contribution is -2.13. The zero-order valence-corrected chi connectivity index (χ0v) is 25.6. The van der Waals surface area contributed by atoms with Gasteiger partial charge in [0.2, 0.25) is 0 Å². The molecule has 0 saturated heterocycles. The molecule has 46 heavy (non-hydrogen) atoms. The highest BCUT2D eigenvalue weighted by Gasteiger charge is 2.13. The van der Waals surface area contributed by atoms with Gasteiger partial charge in [-0.2, -0.15) is 0 Å². The van der Waals surface area contributed by atoms with Crippen LogP contribution >= 0.6 is 0 Å². The van der Waals surface area contributed by atoms with Gasteiger partial charge in [-0.05, 0) is 72.0 Å². The van der Waals surface area contributed by atoms with Crippen LogP contribution < -0.4 is 14.2 Å². The van der Waals surface area contributed by atoms with Crippen LogP contribution in [-0.4, -0.2) is 57.4 Å². The summed E-state index contributed by atoms with van der Waals surface area (Å²) in [4.78, 5) is 46.3. The zero-order chi connectivity index (χ0) is 33.1. The molecule has 10 heteroatoms. The summed E-state index contributed by atoms with van der Waals surface area (Å²) in [6.45, 7) is 7.84. The molecule has 3 aromatic carbocycles. The summed E-state index contributed by atoms with van der Waals surface area (Å²) in [5.41, 5.74) is 2.75. The van der Waals surface area contributed by atoms with Gasteiger partial charge in [-0.25, -0.2) is 14.4 Å². The summed E-state index contributed by atoms with van der Waals surface area (Å²) in [5.74, 6) is -0.444. The molecule has 0 amide bonds. The van der Waals surface area contributed by atoms with Gasteiger partial charge in [-0.15, -0.1) is 0 Å². The molecular weight excluding hydrogens is 592 g/mol. The molecular formula is C36H36O10. The number of unbranched alkanes of at least 4 members (excludes halogenated alkanes) is 1. The molecule has 0 aromatic heterocycles. The third kappa shape index (κ3) is 12.5. The van der Waals surface area contributed by atoms with E-state index in [4.69, 9.17) is 23.7 Å². The Morgan fingerprint density at radius 3 is 1.85 bits per heavy atom. The number of hydrogen-bond acceptors (Lipinski definition) is 10. The van der Waals surface area contributed by atoms with Crippen LogP contribution in [-0.2, 0) is 33.4 Å². The number of benzene rings is 3. The standard InChI is InChI=1S/C36H36O10/c1-4-33(37)44-24-23-43-30-14-7-27(8-15-30)9-20-34(38)46-32-18-12-29(13-19-32)28-10-16-31(17-11-28)42-21-5-6-22-45-36(40)26(2)25-35(39)41-3/h4,7-20H,1-2,5-6,21-25H2,3H3/b20-9+. The van der Waals surface area contributed by atoms with Gasteiger partial charge >= 0.3 is 23.9 Å². The third-order valence-electron chi connectivity index (χ3n) is 6.23. The van der Waals surface area contributed by atoms with Crippen molar-refractivity contribution in [3.05, 3.63) is 109 Å². The minimum Gasteiger partial charge on any atom is -0.494 e. The maximum atomic E-state index is 12.3. The van der Waals surface area contributed by atoms with Gasteiger partial charge in [-0.1, -0.05) is 49.6 Å². The van der Waals surface area contributed by atoms with Crippen LogP contribution in [0.25, 0.3) is 17.2 Å². The Balaban J connectivity index is 1.36. The molecule has 0 aliphatic rings. The third-order valence-corrected chi connectivity index (χ3v) is 6.23. The van der Waals surface area contributed by atoms with Gasteiger partial charge in [0.15, 0.2) is 0 Å². The van der Waals surface area contributed by atoms with E-state index in [0.29, 0.717) is 36.7 Å². The van der Waals surface area contributed by atoms with E-state index in [0.717, 1.165) is 22.8 Å². The number of rotatable bonds is 18. The van der Waals surface area contributed by atoms with Crippen molar-refractivity contribution in [1.82, 2.24) is 0 Å². The van der Waals surface area contributed by atoms with Crippen LogP contribution in [0, 0.1) is 0 Å². The van der Waals surface area contributed by atoms with Gasteiger partial charge in [0.05, 0.1) is 26.7 Å². The number of ether oxygens (including phenoxy) is 6. The van der Waals surface area contributed by atoms with Crippen LogP contribution in [0.15, 0.2) is 104 Å². The Bertz CT molecular complexity index is 1500. The van der Waals surface area contributed by atoms with E-state index in [2.05, 4.69) is 17.9 Å². The van der Waals surface area contributed by atoms with Crippen molar-refractivity contribution in [3.8, 4) is 28.4 Å². The topological polar surface area (TPSA) is 124 Å². The van der Waals surface area contributed by atoms with Gasteiger partial charge < -0.3 is 28.4 Å². The summed E-state index contributed by atoms with van der Waals surface area (Å²) >= 11 is 0. The molecule has 0 radical (unpaired) electrons. The monoisotopic (exact) mass is 628 g/mol. The molecule has 0 bridgehead atoms. The molecule has 0 saturated carbocycles. The quantitative estimate of drug-likeness (QED) is 0.0553. The molecule has 3 aromatic rings. The smallest absolute Gasteiger partial charge is 0.336 e. The van der Waals surface area contributed by atoms with E-state index in [-0.39, 0.29) is 31.8 Å². The van der Waals surface area contributed by atoms with E-state index >= 15 is 0 Å². The Labute approximate surface area is 267 Å². The van der Waals surface area contributed by atoms with Crippen LogP contribution in [0.2, 0.25) is 0 Å². The summed E-state index contributed by atoms with van der Waals surface area (Å²) in [6.07, 6.45) is 5.15. The van der Waals surface area contributed by atoms with Crippen molar-refractivity contribution in [1.29, 1.82) is 0 Å². The lowest BCUT2D eigenvalue weighted by Gasteiger charge is -2.09. The maximum absolute atomic E-state index is 12.3. The molecule has 0 aliphatic heterocycles. The summed E-state index contributed by atoms with van der Waals surface area (Å²) in [6, 6.07) is 21.8. The molecule has 0 unspecified atom stereocenters. The van der Waals surface area contributed by atoms with Crippen LogP contribution in [0.5, 0.6) is 17.2 Å². The van der Waals surface area contributed by atoms with Crippen molar-refractivity contribution < 1.29 is 47.6 Å². The highest BCUT2D eigenvalue weighted by molar-refractivity contribution is 5.93. The molecule has 3 rings (SSSR count). The number of hydrogen-bond donors (Lipinski definition) is 0.